The number of nitrogens with zero attached hydrogens (tertiary/aromatic N) is 1. The maximum absolute atomic E-state index is 12.2. The summed E-state index contributed by atoms with van der Waals surface area (Å²) in [6.45, 7) is 3.79. The number of anilines is 1. The second-order valence-corrected chi connectivity index (χ2v) is 6.98. The molecule has 0 bridgehead atoms. The van der Waals surface area contributed by atoms with Gasteiger partial charge in [-0.05, 0) is 49.2 Å². The highest BCUT2D eigenvalue weighted by Crippen LogP contribution is 2.18. The smallest absolute Gasteiger partial charge is 0.223 e. The van der Waals surface area contributed by atoms with Crippen molar-refractivity contribution < 1.29 is 14.4 Å². The number of hydrogen-bond acceptors (Lipinski definition) is 3. The second-order valence-electron chi connectivity index (χ2n) is 6.98. The number of para-hydroxylation sites is 1. The van der Waals surface area contributed by atoms with Crippen LogP contribution in [0.15, 0.2) is 54.7 Å². The predicted molar refractivity (Wildman–Crippen MR) is 114 cm³/mol. The quantitative estimate of drug-likeness (QED) is 0.577. The van der Waals surface area contributed by atoms with Gasteiger partial charge in [0, 0.05) is 54.8 Å². The molecule has 2 amide bonds. The third-order valence-corrected chi connectivity index (χ3v) is 4.92. The Kier molecular flexibility index (Phi) is 6.44. The molecule has 0 aliphatic rings. The van der Waals surface area contributed by atoms with E-state index in [4.69, 9.17) is 0 Å². The number of benzene rings is 2. The summed E-state index contributed by atoms with van der Waals surface area (Å²) < 4.78 is 0. The van der Waals surface area contributed by atoms with E-state index in [1.807, 2.05) is 24.4 Å². The van der Waals surface area contributed by atoms with Crippen molar-refractivity contribution in [2.75, 3.05) is 18.0 Å². The molecule has 0 radical (unpaired) electrons. The molecule has 0 unspecified atom stereocenters. The van der Waals surface area contributed by atoms with Gasteiger partial charge in [-0.25, -0.2) is 0 Å². The minimum absolute atomic E-state index is 0.0273. The SMILES string of the molecule is CC(=O)c1ccc(N(CCC(=O)NCCc2c[nH]c3ccccc23)C(C)=O)cc1. The largest absolute Gasteiger partial charge is 0.361 e. The van der Waals surface area contributed by atoms with E-state index in [9.17, 15) is 14.4 Å². The lowest BCUT2D eigenvalue weighted by molar-refractivity contribution is -0.121. The summed E-state index contributed by atoms with van der Waals surface area (Å²) in [6.07, 6.45) is 2.92. The predicted octanol–water partition coefficient (Wildman–Crippen LogP) is 3.47. The van der Waals surface area contributed by atoms with Crippen molar-refractivity contribution in [3.63, 3.8) is 0 Å². The Morgan fingerprint density at radius 3 is 2.41 bits per heavy atom. The standard InChI is InChI=1S/C23H25N3O3/c1-16(27)18-7-9-20(10-8-18)26(17(2)28)14-12-23(29)24-13-11-19-15-25-22-6-4-3-5-21(19)22/h3-10,15,25H,11-14H2,1-2H3,(H,24,29). The van der Waals surface area contributed by atoms with E-state index < -0.39 is 0 Å². The van der Waals surface area contributed by atoms with E-state index >= 15 is 0 Å². The van der Waals surface area contributed by atoms with Crippen LogP contribution in [-0.4, -0.2) is 35.7 Å². The molecular formula is C23H25N3O3. The van der Waals surface area contributed by atoms with E-state index in [0.29, 0.717) is 17.8 Å². The summed E-state index contributed by atoms with van der Waals surface area (Å²) >= 11 is 0. The minimum Gasteiger partial charge on any atom is -0.361 e. The van der Waals surface area contributed by atoms with E-state index in [-0.39, 0.29) is 30.6 Å². The van der Waals surface area contributed by atoms with Gasteiger partial charge in [0.15, 0.2) is 5.78 Å². The first-order valence-corrected chi connectivity index (χ1v) is 9.66. The molecule has 0 fully saturated rings. The number of carbonyl (C=O) groups excluding carboxylic acids is 3. The second kappa shape index (κ2) is 9.19. The van der Waals surface area contributed by atoms with Gasteiger partial charge in [0.05, 0.1) is 0 Å². The molecular weight excluding hydrogens is 366 g/mol. The Bertz CT molecular complexity index is 1020. The van der Waals surface area contributed by atoms with Gasteiger partial charge in [-0.1, -0.05) is 18.2 Å². The molecule has 1 heterocycles. The van der Waals surface area contributed by atoms with Crippen molar-refractivity contribution >= 4 is 34.2 Å². The zero-order valence-corrected chi connectivity index (χ0v) is 16.7. The van der Waals surface area contributed by atoms with Gasteiger partial charge >= 0.3 is 0 Å². The van der Waals surface area contributed by atoms with E-state index in [2.05, 4.69) is 16.4 Å². The van der Waals surface area contributed by atoms with Crippen molar-refractivity contribution in [2.24, 2.45) is 0 Å². The minimum atomic E-state index is -0.146. The van der Waals surface area contributed by atoms with Crippen molar-refractivity contribution in [1.82, 2.24) is 10.3 Å². The molecule has 0 saturated heterocycles. The Morgan fingerprint density at radius 1 is 1.00 bits per heavy atom. The van der Waals surface area contributed by atoms with Crippen LogP contribution in [0.1, 0.15) is 36.2 Å². The highest BCUT2D eigenvalue weighted by molar-refractivity contribution is 5.96. The molecule has 0 spiro atoms. The maximum Gasteiger partial charge on any atom is 0.223 e. The Labute approximate surface area is 169 Å². The zero-order valence-electron chi connectivity index (χ0n) is 16.7. The molecule has 0 aliphatic carbocycles. The number of hydrogen-bond donors (Lipinski definition) is 2. The summed E-state index contributed by atoms with van der Waals surface area (Å²) in [5.74, 6) is -0.274. The van der Waals surface area contributed by atoms with Crippen LogP contribution in [0.3, 0.4) is 0 Å². The summed E-state index contributed by atoms with van der Waals surface area (Å²) in [4.78, 5) is 40.4. The van der Waals surface area contributed by atoms with Crippen LogP contribution < -0.4 is 10.2 Å². The van der Waals surface area contributed by atoms with Gasteiger partial charge < -0.3 is 15.2 Å². The van der Waals surface area contributed by atoms with Gasteiger partial charge in [0.25, 0.3) is 0 Å². The van der Waals surface area contributed by atoms with Gasteiger partial charge in [0.1, 0.15) is 0 Å². The number of carbonyl (C=O) groups is 3. The van der Waals surface area contributed by atoms with E-state index in [1.165, 1.54) is 19.2 Å². The van der Waals surface area contributed by atoms with Gasteiger partial charge in [0.2, 0.25) is 11.8 Å². The molecule has 6 nitrogen and oxygen atoms in total. The van der Waals surface area contributed by atoms with Crippen LogP contribution in [0.4, 0.5) is 5.69 Å². The Hall–Kier alpha value is -3.41. The molecule has 3 aromatic rings. The normalized spacial score (nSPS) is 10.7. The molecule has 6 heteroatoms. The average Bonchev–Trinajstić information content (AvgIpc) is 3.11. The number of nitrogens with one attached hydrogen (secondary N) is 2. The maximum atomic E-state index is 12.2. The Morgan fingerprint density at radius 2 is 1.72 bits per heavy atom. The molecule has 1 aromatic heterocycles. The van der Waals surface area contributed by atoms with Crippen LogP contribution in [0.25, 0.3) is 10.9 Å². The highest BCUT2D eigenvalue weighted by Gasteiger charge is 2.14. The monoisotopic (exact) mass is 391 g/mol. The first-order valence-electron chi connectivity index (χ1n) is 9.66. The van der Waals surface area contributed by atoms with E-state index in [1.54, 1.807) is 29.2 Å². The van der Waals surface area contributed by atoms with Crippen LogP contribution in [0.2, 0.25) is 0 Å². The lowest BCUT2D eigenvalue weighted by atomic mass is 10.1. The topological polar surface area (TPSA) is 82.3 Å². The Balaban J connectivity index is 1.51. The first-order chi connectivity index (χ1) is 14.0. The van der Waals surface area contributed by atoms with Gasteiger partial charge in [-0.15, -0.1) is 0 Å². The molecule has 29 heavy (non-hydrogen) atoms. The van der Waals surface area contributed by atoms with Gasteiger partial charge in [-0.2, -0.15) is 0 Å². The number of Topliss-reactive ketones (excluding diaryl/α,β-unsaturated/α-hetero) is 1. The van der Waals surface area contributed by atoms with Crippen LogP contribution in [0, 0.1) is 0 Å². The summed E-state index contributed by atoms with van der Waals surface area (Å²) in [5, 5.41) is 4.09. The highest BCUT2D eigenvalue weighted by atomic mass is 16.2. The fraction of sp³-hybridized carbons (Fsp3) is 0.261. The van der Waals surface area contributed by atoms with Crippen molar-refractivity contribution in [3.05, 3.63) is 65.9 Å². The van der Waals surface area contributed by atoms with Crippen LogP contribution in [0.5, 0.6) is 0 Å². The fourth-order valence-corrected chi connectivity index (χ4v) is 3.32. The number of aromatic amines is 1. The number of H-pyrrole nitrogens is 1. The number of aromatic nitrogens is 1. The molecule has 0 atom stereocenters. The zero-order chi connectivity index (χ0) is 20.8. The number of ketones is 1. The lowest BCUT2D eigenvalue weighted by Crippen LogP contribution is -2.34. The molecule has 3 rings (SSSR count). The van der Waals surface area contributed by atoms with Crippen LogP contribution in [-0.2, 0) is 16.0 Å². The van der Waals surface area contributed by atoms with Crippen LogP contribution >= 0.6 is 0 Å². The summed E-state index contributed by atoms with van der Waals surface area (Å²) in [7, 11) is 0. The molecule has 0 aliphatic heterocycles. The van der Waals surface area contributed by atoms with E-state index in [0.717, 1.165) is 17.5 Å². The average molecular weight is 391 g/mol. The molecule has 0 saturated carbocycles. The number of fused-ring (bicyclic) bond motifs is 1. The lowest BCUT2D eigenvalue weighted by Gasteiger charge is -2.21. The fourth-order valence-electron chi connectivity index (χ4n) is 3.32. The van der Waals surface area contributed by atoms with Crippen molar-refractivity contribution in [1.29, 1.82) is 0 Å². The molecule has 2 aromatic carbocycles. The van der Waals surface area contributed by atoms with Crippen molar-refractivity contribution in [3.8, 4) is 0 Å². The summed E-state index contributed by atoms with van der Waals surface area (Å²) in [5.41, 5.74) is 3.51. The summed E-state index contributed by atoms with van der Waals surface area (Å²) in [6, 6.07) is 14.9. The van der Waals surface area contributed by atoms with Gasteiger partial charge in [-0.3, -0.25) is 14.4 Å². The third kappa shape index (κ3) is 5.10. The first kappa shape index (κ1) is 20.3. The number of rotatable bonds is 8. The number of amides is 2. The molecule has 150 valence electrons. The molecule has 2 N–H and O–H groups in total. The van der Waals surface area contributed by atoms with Crippen molar-refractivity contribution in [2.45, 2.75) is 26.7 Å². The third-order valence-electron chi connectivity index (χ3n) is 4.92.